The lowest BCUT2D eigenvalue weighted by atomic mass is 9.86. The van der Waals surface area contributed by atoms with E-state index in [-0.39, 0.29) is 5.54 Å². The van der Waals surface area contributed by atoms with Gasteiger partial charge in [-0.2, -0.15) is 5.26 Å². The molecule has 0 saturated heterocycles. The standard InChI is InChI=1S/C18H26N2O/c1-13-7-8-14(2)17(15(13)3)21-11-9-16-6-5-10-18(16,12-19)20-4/h7-8,16,20H,5-6,9-11H2,1-4H3. The first kappa shape index (κ1) is 15.9. The molecular weight excluding hydrogens is 260 g/mol. The van der Waals surface area contributed by atoms with Crippen LogP contribution in [0.15, 0.2) is 12.1 Å². The molecule has 0 heterocycles. The highest BCUT2D eigenvalue weighted by molar-refractivity contribution is 5.44. The summed E-state index contributed by atoms with van der Waals surface area (Å²) in [4.78, 5) is 0. The van der Waals surface area contributed by atoms with Gasteiger partial charge in [-0.15, -0.1) is 0 Å². The third kappa shape index (κ3) is 3.06. The van der Waals surface area contributed by atoms with Crippen LogP contribution in [0.2, 0.25) is 0 Å². The van der Waals surface area contributed by atoms with E-state index in [1.54, 1.807) is 0 Å². The third-order valence-corrected chi connectivity index (χ3v) is 5.05. The third-order valence-electron chi connectivity index (χ3n) is 5.05. The van der Waals surface area contributed by atoms with Gasteiger partial charge < -0.3 is 10.1 Å². The van der Waals surface area contributed by atoms with Crippen LogP contribution in [0.1, 0.15) is 42.4 Å². The molecule has 1 aromatic rings. The number of hydrogen-bond acceptors (Lipinski definition) is 3. The molecular formula is C18H26N2O. The molecule has 0 amide bonds. The average molecular weight is 286 g/mol. The normalized spacial score (nSPS) is 24.8. The molecule has 21 heavy (non-hydrogen) atoms. The summed E-state index contributed by atoms with van der Waals surface area (Å²) >= 11 is 0. The van der Waals surface area contributed by atoms with Crippen molar-refractivity contribution in [3.63, 3.8) is 0 Å². The minimum atomic E-state index is -0.347. The van der Waals surface area contributed by atoms with E-state index in [9.17, 15) is 5.26 Å². The SMILES string of the molecule is CNC1(C#N)CCCC1CCOc1c(C)ccc(C)c1C. The smallest absolute Gasteiger partial charge is 0.125 e. The van der Waals surface area contributed by atoms with Crippen molar-refractivity contribution in [3.8, 4) is 11.8 Å². The summed E-state index contributed by atoms with van der Waals surface area (Å²) in [6.45, 7) is 6.99. The molecule has 2 unspecified atom stereocenters. The van der Waals surface area contributed by atoms with Gasteiger partial charge in [-0.05, 0) is 69.7 Å². The van der Waals surface area contributed by atoms with E-state index in [0.717, 1.165) is 31.4 Å². The molecule has 0 aromatic heterocycles. The fourth-order valence-corrected chi connectivity index (χ4v) is 3.45. The predicted octanol–water partition coefficient (Wildman–Crippen LogP) is 3.66. The molecule has 0 bridgehead atoms. The van der Waals surface area contributed by atoms with Crippen LogP contribution in [-0.2, 0) is 0 Å². The number of nitrogens with zero attached hydrogens (tertiary/aromatic N) is 1. The second kappa shape index (κ2) is 6.49. The number of ether oxygens (including phenoxy) is 1. The molecule has 1 fully saturated rings. The summed E-state index contributed by atoms with van der Waals surface area (Å²) in [5.41, 5.74) is 3.32. The van der Waals surface area contributed by atoms with Gasteiger partial charge in [0.1, 0.15) is 11.3 Å². The van der Waals surface area contributed by atoms with Gasteiger partial charge in [-0.3, -0.25) is 0 Å². The predicted molar refractivity (Wildman–Crippen MR) is 85.5 cm³/mol. The second-order valence-corrected chi connectivity index (χ2v) is 6.21. The average Bonchev–Trinajstić information content (AvgIpc) is 2.90. The van der Waals surface area contributed by atoms with E-state index in [4.69, 9.17) is 4.74 Å². The minimum Gasteiger partial charge on any atom is -0.493 e. The first-order chi connectivity index (χ1) is 10.0. The quantitative estimate of drug-likeness (QED) is 0.898. The van der Waals surface area contributed by atoms with Crippen LogP contribution in [0, 0.1) is 38.0 Å². The molecule has 0 radical (unpaired) electrons. The van der Waals surface area contributed by atoms with E-state index >= 15 is 0 Å². The topological polar surface area (TPSA) is 45.0 Å². The van der Waals surface area contributed by atoms with E-state index in [1.807, 2.05) is 7.05 Å². The molecule has 3 heteroatoms. The minimum absolute atomic E-state index is 0.347. The molecule has 2 rings (SSSR count). The number of benzene rings is 1. The first-order valence-corrected chi connectivity index (χ1v) is 7.84. The van der Waals surface area contributed by atoms with Gasteiger partial charge in [0.25, 0.3) is 0 Å². The number of nitrogens with one attached hydrogen (secondary N) is 1. The van der Waals surface area contributed by atoms with Gasteiger partial charge in [-0.25, -0.2) is 0 Å². The van der Waals surface area contributed by atoms with Crippen LogP contribution in [0.5, 0.6) is 5.75 Å². The first-order valence-electron chi connectivity index (χ1n) is 7.84. The lowest BCUT2D eigenvalue weighted by Crippen LogP contribution is -2.45. The van der Waals surface area contributed by atoms with Crippen LogP contribution in [0.4, 0.5) is 0 Å². The summed E-state index contributed by atoms with van der Waals surface area (Å²) < 4.78 is 6.06. The van der Waals surface area contributed by atoms with Crippen molar-refractivity contribution in [1.82, 2.24) is 5.32 Å². The highest BCUT2D eigenvalue weighted by atomic mass is 16.5. The molecule has 0 spiro atoms. The molecule has 1 saturated carbocycles. The molecule has 1 aromatic carbocycles. The second-order valence-electron chi connectivity index (χ2n) is 6.21. The maximum absolute atomic E-state index is 9.47. The molecule has 2 atom stereocenters. The van der Waals surface area contributed by atoms with Gasteiger partial charge >= 0.3 is 0 Å². The summed E-state index contributed by atoms with van der Waals surface area (Å²) in [5.74, 6) is 1.40. The van der Waals surface area contributed by atoms with Crippen LogP contribution >= 0.6 is 0 Å². The molecule has 3 nitrogen and oxygen atoms in total. The van der Waals surface area contributed by atoms with Crippen molar-refractivity contribution in [2.24, 2.45) is 5.92 Å². The van der Waals surface area contributed by atoms with Gasteiger partial charge in [-0.1, -0.05) is 18.6 Å². The lowest BCUT2D eigenvalue weighted by Gasteiger charge is -2.28. The number of aryl methyl sites for hydroxylation is 2. The van der Waals surface area contributed by atoms with Crippen LogP contribution < -0.4 is 10.1 Å². The maximum Gasteiger partial charge on any atom is 0.125 e. The molecule has 0 aliphatic heterocycles. The summed E-state index contributed by atoms with van der Waals surface area (Å²) in [7, 11) is 1.90. The Labute approximate surface area is 128 Å². The van der Waals surface area contributed by atoms with Crippen molar-refractivity contribution in [3.05, 3.63) is 28.8 Å². The van der Waals surface area contributed by atoms with Crippen molar-refractivity contribution in [2.75, 3.05) is 13.7 Å². The Morgan fingerprint density at radius 1 is 1.33 bits per heavy atom. The zero-order valence-electron chi connectivity index (χ0n) is 13.6. The lowest BCUT2D eigenvalue weighted by molar-refractivity contribution is 0.237. The maximum atomic E-state index is 9.47. The molecule has 1 aliphatic carbocycles. The summed E-state index contributed by atoms with van der Waals surface area (Å²) in [5, 5.41) is 12.7. The van der Waals surface area contributed by atoms with Crippen LogP contribution in [-0.4, -0.2) is 19.2 Å². The Kier molecular flexibility index (Phi) is 4.90. The van der Waals surface area contributed by atoms with Crippen molar-refractivity contribution in [1.29, 1.82) is 5.26 Å². The number of nitriles is 1. The van der Waals surface area contributed by atoms with E-state index in [1.165, 1.54) is 16.7 Å². The Morgan fingerprint density at radius 2 is 2.05 bits per heavy atom. The zero-order valence-corrected chi connectivity index (χ0v) is 13.6. The summed E-state index contributed by atoms with van der Waals surface area (Å²) in [6, 6.07) is 6.74. The van der Waals surface area contributed by atoms with Gasteiger partial charge in [0.2, 0.25) is 0 Å². The van der Waals surface area contributed by atoms with Crippen molar-refractivity contribution < 1.29 is 4.74 Å². The van der Waals surface area contributed by atoms with Gasteiger partial charge in [0.15, 0.2) is 0 Å². The highest BCUT2D eigenvalue weighted by Crippen LogP contribution is 2.37. The molecule has 1 aliphatic rings. The Hall–Kier alpha value is -1.53. The monoisotopic (exact) mass is 286 g/mol. The Morgan fingerprint density at radius 3 is 2.71 bits per heavy atom. The van der Waals surface area contributed by atoms with Gasteiger partial charge in [0.05, 0.1) is 12.7 Å². The Bertz CT molecular complexity index is 547. The van der Waals surface area contributed by atoms with E-state index in [0.29, 0.717) is 12.5 Å². The van der Waals surface area contributed by atoms with Crippen LogP contribution in [0.25, 0.3) is 0 Å². The number of rotatable bonds is 5. The van der Waals surface area contributed by atoms with Crippen molar-refractivity contribution in [2.45, 2.75) is 52.0 Å². The van der Waals surface area contributed by atoms with E-state index in [2.05, 4.69) is 44.3 Å². The highest BCUT2D eigenvalue weighted by Gasteiger charge is 2.41. The van der Waals surface area contributed by atoms with E-state index < -0.39 is 0 Å². The van der Waals surface area contributed by atoms with Gasteiger partial charge in [0, 0.05) is 0 Å². The molecule has 1 N–H and O–H groups in total. The van der Waals surface area contributed by atoms with Crippen LogP contribution in [0.3, 0.4) is 0 Å². The number of hydrogen-bond donors (Lipinski definition) is 1. The largest absolute Gasteiger partial charge is 0.493 e. The fraction of sp³-hybridized carbons (Fsp3) is 0.611. The Balaban J connectivity index is 2.00. The summed E-state index contributed by atoms with van der Waals surface area (Å²) in [6.07, 6.45) is 4.12. The van der Waals surface area contributed by atoms with Crippen molar-refractivity contribution >= 4 is 0 Å². The zero-order chi connectivity index (χ0) is 15.5. The fourth-order valence-electron chi connectivity index (χ4n) is 3.45. The molecule has 114 valence electrons.